The van der Waals surface area contributed by atoms with Gasteiger partial charge in [0.25, 0.3) is 5.91 Å². The van der Waals surface area contributed by atoms with Gasteiger partial charge in [0.15, 0.2) is 0 Å². The first-order valence-corrected chi connectivity index (χ1v) is 7.65. The van der Waals surface area contributed by atoms with Gasteiger partial charge in [-0.25, -0.2) is 0 Å². The van der Waals surface area contributed by atoms with Crippen LogP contribution in [0.4, 0.5) is 0 Å². The zero-order chi connectivity index (χ0) is 14.9. The molecule has 0 unspecified atom stereocenters. The Morgan fingerprint density at radius 3 is 2.43 bits per heavy atom. The summed E-state index contributed by atoms with van der Waals surface area (Å²) in [5.74, 6) is 0.509. The molecule has 21 heavy (non-hydrogen) atoms. The van der Waals surface area contributed by atoms with Crippen LogP contribution >= 0.6 is 15.9 Å². The Morgan fingerprint density at radius 2 is 1.81 bits per heavy atom. The molecule has 3 nitrogen and oxygen atoms in total. The quantitative estimate of drug-likeness (QED) is 0.913. The number of para-hydroxylation sites is 1. The molecule has 0 radical (unpaired) electrons. The summed E-state index contributed by atoms with van der Waals surface area (Å²) in [5, 5.41) is 3.16. The standard InChI is InChI=1S/C17H16BrNO2/c1-21-15-5-3-2-4-14(15)16(20)19-17(10-11-17)12-6-8-13(18)9-7-12/h2-9H,10-11H2,1H3,(H,19,20). The maximum Gasteiger partial charge on any atom is 0.255 e. The van der Waals surface area contributed by atoms with E-state index in [2.05, 4.69) is 33.4 Å². The Hall–Kier alpha value is -1.81. The summed E-state index contributed by atoms with van der Waals surface area (Å²) in [4.78, 5) is 12.5. The van der Waals surface area contributed by atoms with Gasteiger partial charge in [-0.2, -0.15) is 0 Å². The highest BCUT2D eigenvalue weighted by molar-refractivity contribution is 9.10. The summed E-state index contributed by atoms with van der Waals surface area (Å²) >= 11 is 3.44. The van der Waals surface area contributed by atoms with Crippen molar-refractivity contribution in [1.82, 2.24) is 5.32 Å². The van der Waals surface area contributed by atoms with E-state index in [0.717, 1.165) is 22.9 Å². The molecule has 1 aliphatic rings. The molecule has 0 aromatic heterocycles. The number of halogens is 1. The molecule has 0 bridgehead atoms. The summed E-state index contributed by atoms with van der Waals surface area (Å²) in [7, 11) is 1.58. The molecule has 0 saturated heterocycles. The molecule has 0 spiro atoms. The Morgan fingerprint density at radius 1 is 1.14 bits per heavy atom. The minimum atomic E-state index is -0.224. The third-order valence-electron chi connectivity index (χ3n) is 3.85. The largest absolute Gasteiger partial charge is 0.496 e. The van der Waals surface area contributed by atoms with Gasteiger partial charge in [-0.15, -0.1) is 0 Å². The third kappa shape index (κ3) is 2.81. The molecule has 0 atom stereocenters. The van der Waals surface area contributed by atoms with Crippen LogP contribution in [0.15, 0.2) is 53.0 Å². The molecular weight excluding hydrogens is 330 g/mol. The first-order valence-electron chi connectivity index (χ1n) is 6.86. The second-order valence-electron chi connectivity index (χ2n) is 5.24. The molecular formula is C17H16BrNO2. The van der Waals surface area contributed by atoms with Crippen LogP contribution in [0.5, 0.6) is 5.75 Å². The van der Waals surface area contributed by atoms with E-state index < -0.39 is 0 Å². The Balaban J connectivity index is 1.83. The predicted octanol–water partition coefficient (Wildman–Crippen LogP) is 3.88. The highest BCUT2D eigenvalue weighted by Crippen LogP contribution is 2.46. The van der Waals surface area contributed by atoms with Crippen molar-refractivity contribution in [3.63, 3.8) is 0 Å². The van der Waals surface area contributed by atoms with E-state index in [1.54, 1.807) is 19.2 Å². The van der Waals surface area contributed by atoms with Crippen molar-refractivity contribution in [1.29, 1.82) is 0 Å². The molecule has 0 heterocycles. The molecule has 0 aliphatic heterocycles. The van der Waals surface area contributed by atoms with Crippen LogP contribution in [0, 0.1) is 0 Å². The molecule has 1 aliphatic carbocycles. The molecule has 2 aromatic carbocycles. The van der Waals surface area contributed by atoms with Gasteiger partial charge >= 0.3 is 0 Å². The van der Waals surface area contributed by atoms with Crippen molar-refractivity contribution in [3.8, 4) is 5.75 Å². The van der Waals surface area contributed by atoms with E-state index in [-0.39, 0.29) is 11.4 Å². The lowest BCUT2D eigenvalue weighted by molar-refractivity contribution is 0.0928. The van der Waals surface area contributed by atoms with E-state index in [9.17, 15) is 4.79 Å². The molecule has 4 heteroatoms. The van der Waals surface area contributed by atoms with Crippen LogP contribution in [-0.4, -0.2) is 13.0 Å². The average Bonchev–Trinajstić information content (AvgIpc) is 3.28. The summed E-state index contributed by atoms with van der Waals surface area (Å²) in [6.07, 6.45) is 1.94. The Bertz CT molecular complexity index is 663. The van der Waals surface area contributed by atoms with Gasteiger partial charge in [-0.1, -0.05) is 40.2 Å². The van der Waals surface area contributed by atoms with Crippen molar-refractivity contribution < 1.29 is 9.53 Å². The number of methoxy groups -OCH3 is 1. The van der Waals surface area contributed by atoms with E-state index in [4.69, 9.17) is 4.74 Å². The Kier molecular flexibility index (Phi) is 3.72. The normalized spacial score (nSPS) is 15.3. The zero-order valence-corrected chi connectivity index (χ0v) is 13.3. The van der Waals surface area contributed by atoms with E-state index in [0.29, 0.717) is 11.3 Å². The molecule has 108 valence electrons. The summed E-state index contributed by atoms with van der Waals surface area (Å²) < 4.78 is 6.30. The topological polar surface area (TPSA) is 38.3 Å². The van der Waals surface area contributed by atoms with Crippen LogP contribution in [-0.2, 0) is 5.54 Å². The minimum Gasteiger partial charge on any atom is -0.496 e. The average molecular weight is 346 g/mol. The molecule has 1 saturated carbocycles. The molecule has 3 rings (SSSR count). The lowest BCUT2D eigenvalue weighted by Crippen LogP contribution is -2.35. The number of amides is 1. The molecule has 1 fully saturated rings. The lowest BCUT2D eigenvalue weighted by Gasteiger charge is -2.19. The first kappa shape index (κ1) is 14.1. The van der Waals surface area contributed by atoms with Crippen LogP contribution in [0.3, 0.4) is 0 Å². The van der Waals surface area contributed by atoms with Crippen molar-refractivity contribution in [2.24, 2.45) is 0 Å². The number of rotatable bonds is 4. The lowest BCUT2D eigenvalue weighted by atomic mass is 10.0. The van der Waals surface area contributed by atoms with Gasteiger partial charge in [0, 0.05) is 4.47 Å². The fraction of sp³-hybridized carbons (Fsp3) is 0.235. The van der Waals surface area contributed by atoms with E-state index in [1.165, 1.54) is 0 Å². The summed E-state index contributed by atoms with van der Waals surface area (Å²) in [5.41, 5.74) is 1.50. The number of ether oxygens (including phenoxy) is 1. The summed E-state index contributed by atoms with van der Waals surface area (Å²) in [6, 6.07) is 15.4. The van der Waals surface area contributed by atoms with Gasteiger partial charge in [-0.3, -0.25) is 4.79 Å². The van der Waals surface area contributed by atoms with E-state index in [1.807, 2.05) is 24.3 Å². The maximum atomic E-state index is 12.5. The van der Waals surface area contributed by atoms with Crippen LogP contribution in [0.2, 0.25) is 0 Å². The minimum absolute atomic E-state index is 0.0899. The van der Waals surface area contributed by atoms with Crippen molar-refractivity contribution in [2.45, 2.75) is 18.4 Å². The molecule has 1 amide bonds. The van der Waals surface area contributed by atoms with Crippen molar-refractivity contribution in [2.75, 3.05) is 7.11 Å². The van der Waals surface area contributed by atoms with Crippen LogP contribution in [0.1, 0.15) is 28.8 Å². The fourth-order valence-corrected chi connectivity index (χ4v) is 2.76. The number of hydrogen-bond donors (Lipinski definition) is 1. The van der Waals surface area contributed by atoms with Crippen LogP contribution in [0.25, 0.3) is 0 Å². The highest BCUT2D eigenvalue weighted by Gasteiger charge is 2.45. The smallest absolute Gasteiger partial charge is 0.255 e. The van der Waals surface area contributed by atoms with Gasteiger partial charge in [0.2, 0.25) is 0 Å². The van der Waals surface area contributed by atoms with E-state index >= 15 is 0 Å². The third-order valence-corrected chi connectivity index (χ3v) is 4.38. The second kappa shape index (κ2) is 5.53. The number of carbonyl (C=O) groups is 1. The monoisotopic (exact) mass is 345 g/mol. The maximum absolute atomic E-state index is 12.5. The van der Waals surface area contributed by atoms with Crippen molar-refractivity contribution in [3.05, 3.63) is 64.1 Å². The SMILES string of the molecule is COc1ccccc1C(=O)NC1(c2ccc(Br)cc2)CC1. The first-order chi connectivity index (χ1) is 10.1. The van der Waals surface area contributed by atoms with Crippen LogP contribution < -0.4 is 10.1 Å². The van der Waals surface area contributed by atoms with Gasteiger partial charge in [0.1, 0.15) is 5.75 Å². The summed E-state index contributed by atoms with van der Waals surface area (Å²) in [6.45, 7) is 0. The highest BCUT2D eigenvalue weighted by atomic mass is 79.9. The van der Waals surface area contributed by atoms with Crippen molar-refractivity contribution >= 4 is 21.8 Å². The second-order valence-corrected chi connectivity index (χ2v) is 6.16. The molecule has 2 aromatic rings. The van der Waals surface area contributed by atoms with Gasteiger partial charge in [-0.05, 0) is 42.7 Å². The Labute approximate surface area is 132 Å². The number of benzene rings is 2. The number of carbonyl (C=O) groups excluding carboxylic acids is 1. The number of hydrogen-bond acceptors (Lipinski definition) is 2. The molecule has 1 N–H and O–H groups in total. The predicted molar refractivity (Wildman–Crippen MR) is 85.5 cm³/mol. The number of nitrogens with one attached hydrogen (secondary N) is 1. The van der Waals surface area contributed by atoms with Gasteiger partial charge < -0.3 is 10.1 Å². The van der Waals surface area contributed by atoms with Gasteiger partial charge in [0.05, 0.1) is 18.2 Å². The zero-order valence-electron chi connectivity index (χ0n) is 11.7. The fourth-order valence-electron chi connectivity index (χ4n) is 2.50.